The average molecular weight is 370 g/mol. The second kappa shape index (κ2) is 7.72. The average Bonchev–Trinajstić information content (AvgIpc) is 2.61. The summed E-state index contributed by atoms with van der Waals surface area (Å²) in [6, 6.07) is 3.43. The SMILES string of the molecule is CCOc1cc(C(=O)Nc2ccc(F)c(F)c2F)c([N+](=O)[O-])cc1OC. The monoisotopic (exact) mass is 370 g/mol. The van der Waals surface area contributed by atoms with E-state index < -0.39 is 45.2 Å². The predicted molar refractivity (Wildman–Crippen MR) is 85.1 cm³/mol. The van der Waals surface area contributed by atoms with E-state index in [1.165, 1.54) is 7.11 Å². The Morgan fingerprint density at radius 2 is 1.88 bits per heavy atom. The summed E-state index contributed by atoms with van der Waals surface area (Å²) in [4.78, 5) is 22.7. The maximum absolute atomic E-state index is 13.7. The molecule has 138 valence electrons. The fourth-order valence-corrected chi connectivity index (χ4v) is 2.12. The van der Waals surface area contributed by atoms with Crippen molar-refractivity contribution in [2.75, 3.05) is 19.0 Å². The van der Waals surface area contributed by atoms with Crippen LogP contribution in [-0.2, 0) is 0 Å². The minimum absolute atomic E-state index is 0.0223. The van der Waals surface area contributed by atoms with Gasteiger partial charge in [0.15, 0.2) is 29.0 Å². The highest BCUT2D eigenvalue weighted by Crippen LogP contribution is 2.35. The van der Waals surface area contributed by atoms with Gasteiger partial charge in [0.2, 0.25) is 0 Å². The van der Waals surface area contributed by atoms with E-state index in [0.29, 0.717) is 6.07 Å². The molecule has 0 radical (unpaired) electrons. The Balaban J connectivity index is 2.49. The highest BCUT2D eigenvalue weighted by Gasteiger charge is 2.26. The van der Waals surface area contributed by atoms with E-state index in [9.17, 15) is 28.1 Å². The van der Waals surface area contributed by atoms with Crippen LogP contribution in [0.2, 0.25) is 0 Å². The van der Waals surface area contributed by atoms with Gasteiger partial charge in [-0.1, -0.05) is 0 Å². The summed E-state index contributed by atoms with van der Waals surface area (Å²) in [7, 11) is 1.26. The van der Waals surface area contributed by atoms with Crippen molar-refractivity contribution in [3.05, 3.63) is 57.4 Å². The third-order valence-electron chi connectivity index (χ3n) is 3.31. The van der Waals surface area contributed by atoms with Gasteiger partial charge in [0.05, 0.1) is 30.4 Å². The van der Waals surface area contributed by atoms with E-state index >= 15 is 0 Å². The zero-order valence-electron chi connectivity index (χ0n) is 13.6. The molecular formula is C16H13F3N2O5. The molecule has 0 atom stereocenters. The molecule has 1 N–H and O–H groups in total. The highest BCUT2D eigenvalue weighted by molar-refractivity contribution is 6.07. The smallest absolute Gasteiger partial charge is 0.286 e. The number of halogens is 3. The number of methoxy groups -OCH3 is 1. The van der Waals surface area contributed by atoms with Gasteiger partial charge in [0.25, 0.3) is 11.6 Å². The number of rotatable bonds is 6. The molecule has 0 aromatic heterocycles. The van der Waals surface area contributed by atoms with Gasteiger partial charge in [-0.25, -0.2) is 13.2 Å². The van der Waals surface area contributed by atoms with Crippen molar-refractivity contribution < 1.29 is 32.4 Å². The normalized spacial score (nSPS) is 10.3. The number of nitrogens with zero attached hydrogens (tertiary/aromatic N) is 1. The molecule has 0 aliphatic carbocycles. The predicted octanol–water partition coefficient (Wildman–Crippen LogP) is 3.67. The largest absolute Gasteiger partial charge is 0.493 e. The molecule has 0 unspecified atom stereocenters. The van der Waals surface area contributed by atoms with E-state index in [1.54, 1.807) is 6.92 Å². The maximum atomic E-state index is 13.7. The molecule has 0 fully saturated rings. The van der Waals surface area contributed by atoms with Crippen molar-refractivity contribution in [1.82, 2.24) is 0 Å². The minimum atomic E-state index is -1.78. The zero-order valence-corrected chi connectivity index (χ0v) is 13.6. The van der Waals surface area contributed by atoms with Crippen LogP contribution in [0, 0.1) is 27.6 Å². The van der Waals surface area contributed by atoms with Gasteiger partial charge in [-0.2, -0.15) is 0 Å². The van der Waals surface area contributed by atoms with Crippen molar-refractivity contribution in [2.45, 2.75) is 6.92 Å². The molecule has 2 aromatic carbocycles. The van der Waals surface area contributed by atoms with Gasteiger partial charge < -0.3 is 14.8 Å². The fraction of sp³-hybridized carbons (Fsp3) is 0.188. The number of nitrogens with one attached hydrogen (secondary N) is 1. The van der Waals surface area contributed by atoms with Crippen LogP contribution < -0.4 is 14.8 Å². The number of hydrogen-bond donors (Lipinski definition) is 1. The number of nitro benzene ring substituents is 1. The maximum Gasteiger partial charge on any atom is 0.286 e. The Kier molecular flexibility index (Phi) is 5.65. The van der Waals surface area contributed by atoms with E-state index in [1.807, 2.05) is 5.32 Å². The number of benzene rings is 2. The van der Waals surface area contributed by atoms with Crippen molar-refractivity contribution >= 4 is 17.3 Å². The molecule has 0 bridgehead atoms. The number of hydrogen-bond acceptors (Lipinski definition) is 5. The van der Waals surface area contributed by atoms with Crippen molar-refractivity contribution in [1.29, 1.82) is 0 Å². The van der Waals surface area contributed by atoms with Crippen LogP contribution in [0.15, 0.2) is 24.3 Å². The number of anilines is 1. The topological polar surface area (TPSA) is 90.7 Å². The first-order valence-electron chi connectivity index (χ1n) is 7.24. The van der Waals surface area contributed by atoms with Gasteiger partial charge in [0, 0.05) is 6.07 Å². The van der Waals surface area contributed by atoms with Gasteiger partial charge in [-0.05, 0) is 19.1 Å². The van der Waals surface area contributed by atoms with E-state index in [4.69, 9.17) is 9.47 Å². The van der Waals surface area contributed by atoms with Crippen LogP contribution in [0.1, 0.15) is 17.3 Å². The number of ether oxygens (including phenoxy) is 2. The third kappa shape index (κ3) is 3.68. The van der Waals surface area contributed by atoms with E-state index in [-0.39, 0.29) is 18.1 Å². The van der Waals surface area contributed by atoms with Gasteiger partial charge in [-0.3, -0.25) is 14.9 Å². The molecular weight excluding hydrogens is 357 g/mol. The van der Waals surface area contributed by atoms with Gasteiger partial charge in [-0.15, -0.1) is 0 Å². The summed E-state index contributed by atoms with van der Waals surface area (Å²) in [5.74, 6) is -5.87. The Labute approximate surface area is 145 Å². The first-order valence-corrected chi connectivity index (χ1v) is 7.24. The van der Waals surface area contributed by atoms with Gasteiger partial charge in [0.1, 0.15) is 5.56 Å². The second-order valence-electron chi connectivity index (χ2n) is 4.89. The molecule has 2 aromatic rings. The summed E-state index contributed by atoms with van der Waals surface area (Å²) < 4.78 is 50.2. The first kappa shape index (κ1) is 19.0. The van der Waals surface area contributed by atoms with Crippen LogP contribution in [0.4, 0.5) is 24.5 Å². The standard InChI is InChI=1S/C16H13F3N2O5/c1-3-26-13-6-8(11(21(23)24)7-12(13)25-2)16(22)20-10-5-4-9(17)14(18)15(10)19/h4-7H,3H2,1-2H3,(H,20,22). The summed E-state index contributed by atoms with van der Waals surface area (Å²) >= 11 is 0. The van der Waals surface area contributed by atoms with E-state index in [0.717, 1.165) is 18.2 Å². The lowest BCUT2D eigenvalue weighted by molar-refractivity contribution is -0.385. The molecule has 0 spiro atoms. The van der Waals surface area contributed by atoms with Crippen LogP contribution in [0.5, 0.6) is 11.5 Å². The molecule has 0 saturated carbocycles. The van der Waals surface area contributed by atoms with Gasteiger partial charge >= 0.3 is 0 Å². The van der Waals surface area contributed by atoms with Crippen molar-refractivity contribution in [2.24, 2.45) is 0 Å². The molecule has 7 nitrogen and oxygen atoms in total. The molecule has 0 saturated heterocycles. The minimum Gasteiger partial charge on any atom is -0.493 e. The molecule has 1 amide bonds. The van der Waals surface area contributed by atoms with Crippen LogP contribution >= 0.6 is 0 Å². The molecule has 10 heteroatoms. The molecule has 0 aliphatic rings. The summed E-state index contributed by atoms with van der Waals surface area (Å²) in [5, 5.41) is 13.2. The Morgan fingerprint density at radius 1 is 1.19 bits per heavy atom. The lowest BCUT2D eigenvalue weighted by atomic mass is 10.1. The van der Waals surface area contributed by atoms with E-state index in [2.05, 4.69) is 0 Å². The number of carbonyl (C=O) groups is 1. The Morgan fingerprint density at radius 3 is 2.46 bits per heavy atom. The number of carbonyl (C=O) groups excluding carboxylic acids is 1. The van der Waals surface area contributed by atoms with Crippen molar-refractivity contribution in [3.8, 4) is 11.5 Å². The molecule has 0 aliphatic heterocycles. The summed E-state index contributed by atoms with van der Waals surface area (Å²) in [6.07, 6.45) is 0. The van der Waals surface area contributed by atoms with Crippen LogP contribution in [0.25, 0.3) is 0 Å². The Bertz CT molecular complexity index is 873. The summed E-state index contributed by atoms with van der Waals surface area (Å²) in [5.41, 5.74) is -1.77. The lowest BCUT2D eigenvalue weighted by Crippen LogP contribution is -2.16. The fourth-order valence-electron chi connectivity index (χ4n) is 2.12. The molecule has 0 heterocycles. The summed E-state index contributed by atoms with van der Waals surface area (Å²) in [6.45, 7) is 1.84. The number of amides is 1. The van der Waals surface area contributed by atoms with Crippen LogP contribution in [-0.4, -0.2) is 24.5 Å². The highest BCUT2D eigenvalue weighted by atomic mass is 19.2. The van der Waals surface area contributed by atoms with Crippen LogP contribution in [0.3, 0.4) is 0 Å². The molecule has 26 heavy (non-hydrogen) atoms. The first-order chi connectivity index (χ1) is 12.3. The van der Waals surface area contributed by atoms with Crippen molar-refractivity contribution in [3.63, 3.8) is 0 Å². The lowest BCUT2D eigenvalue weighted by Gasteiger charge is -2.12. The quantitative estimate of drug-likeness (QED) is 0.476. The number of nitro groups is 1. The third-order valence-corrected chi connectivity index (χ3v) is 3.31. The second-order valence-corrected chi connectivity index (χ2v) is 4.89. The Hall–Kier alpha value is -3.30. The zero-order chi connectivity index (χ0) is 19.4. The molecule has 2 rings (SSSR count).